The van der Waals surface area contributed by atoms with Crippen molar-refractivity contribution in [3.8, 4) is 0 Å². The molecule has 0 saturated carbocycles. The maximum Gasteiger partial charge on any atom is 0.0704 e. The molecular weight excluding hydrogens is 192 g/mol. The lowest BCUT2D eigenvalue weighted by atomic mass is 10.0. The molecule has 15 heavy (non-hydrogen) atoms. The molecule has 0 aromatic carbocycles. The molecule has 1 rings (SSSR count). The summed E-state index contributed by atoms with van der Waals surface area (Å²) in [6.45, 7) is 1.31. The fourth-order valence-electron chi connectivity index (χ4n) is 1.73. The third-order valence-corrected chi connectivity index (χ3v) is 2.53. The predicted octanol–water partition coefficient (Wildman–Crippen LogP) is 1.27. The third-order valence-electron chi connectivity index (χ3n) is 2.53. The van der Waals surface area contributed by atoms with Crippen molar-refractivity contribution in [3.63, 3.8) is 0 Å². The summed E-state index contributed by atoms with van der Waals surface area (Å²) in [4.78, 5) is 0. The van der Waals surface area contributed by atoms with Crippen molar-refractivity contribution in [2.24, 2.45) is 0 Å². The summed E-state index contributed by atoms with van der Waals surface area (Å²) >= 11 is 0. The maximum absolute atomic E-state index is 10.1. The van der Waals surface area contributed by atoms with Crippen molar-refractivity contribution in [1.29, 1.82) is 0 Å². The van der Waals surface area contributed by atoms with Gasteiger partial charge in [-0.2, -0.15) is 0 Å². The van der Waals surface area contributed by atoms with Crippen molar-refractivity contribution in [1.82, 2.24) is 0 Å². The minimum Gasteiger partial charge on any atom is -0.853 e. The largest absolute Gasteiger partial charge is 0.853 e. The second kappa shape index (κ2) is 8.89. The quantitative estimate of drug-likeness (QED) is 0.493. The van der Waals surface area contributed by atoms with Gasteiger partial charge in [0.1, 0.15) is 0 Å². The van der Waals surface area contributed by atoms with Crippen LogP contribution in [0.5, 0.6) is 0 Å². The van der Waals surface area contributed by atoms with Crippen LogP contribution in [-0.4, -0.2) is 32.5 Å². The topological polar surface area (TPSA) is 41.5 Å². The summed E-state index contributed by atoms with van der Waals surface area (Å²) in [6.07, 6.45) is 10.6. The van der Waals surface area contributed by atoms with Gasteiger partial charge in [0.2, 0.25) is 0 Å². The van der Waals surface area contributed by atoms with Gasteiger partial charge in [0.05, 0.1) is 19.3 Å². The van der Waals surface area contributed by atoms with E-state index in [0.29, 0.717) is 25.9 Å². The zero-order chi connectivity index (χ0) is 10.8. The fraction of sp³-hybridized carbons (Fsp3) is 0.833. The summed E-state index contributed by atoms with van der Waals surface area (Å²) < 4.78 is 10.8. The van der Waals surface area contributed by atoms with Gasteiger partial charge >= 0.3 is 0 Å². The highest BCUT2D eigenvalue weighted by atomic mass is 16.5. The Labute approximate surface area is 92.1 Å². The van der Waals surface area contributed by atoms with Crippen LogP contribution in [-0.2, 0) is 9.47 Å². The molecular formula is C12H21O3-. The van der Waals surface area contributed by atoms with Crippen molar-refractivity contribution in [3.05, 3.63) is 12.2 Å². The second-order valence-corrected chi connectivity index (χ2v) is 3.79. The van der Waals surface area contributed by atoms with Crippen molar-refractivity contribution in [2.75, 3.05) is 26.4 Å². The first kappa shape index (κ1) is 12.7. The monoisotopic (exact) mass is 213 g/mol. The smallest absolute Gasteiger partial charge is 0.0704 e. The Hall–Kier alpha value is -0.380. The summed E-state index contributed by atoms with van der Waals surface area (Å²) in [5, 5.41) is 10.1. The van der Waals surface area contributed by atoms with Gasteiger partial charge in [0, 0.05) is 6.61 Å². The molecule has 0 heterocycles. The second-order valence-electron chi connectivity index (χ2n) is 3.79. The van der Waals surface area contributed by atoms with Crippen LogP contribution in [0, 0.1) is 0 Å². The Bertz CT molecular complexity index is 168. The molecule has 88 valence electrons. The van der Waals surface area contributed by atoms with Gasteiger partial charge in [0.15, 0.2) is 0 Å². The van der Waals surface area contributed by atoms with Crippen LogP contribution in [0.15, 0.2) is 12.2 Å². The minimum absolute atomic E-state index is 0.159. The number of ether oxygens (including phenoxy) is 2. The number of rotatable bonds is 6. The molecule has 1 atom stereocenters. The first-order valence-electron chi connectivity index (χ1n) is 5.86. The van der Waals surface area contributed by atoms with Gasteiger partial charge < -0.3 is 14.6 Å². The van der Waals surface area contributed by atoms with E-state index in [1.54, 1.807) is 0 Å². The van der Waals surface area contributed by atoms with Crippen molar-refractivity contribution in [2.45, 2.75) is 38.2 Å². The highest BCUT2D eigenvalue weighted by Crippen LogP contribution is 2.15. The van der Waals surface area contributed by atoms with Crippen LogP contribution < -0.4 is 5.11 Å². The van der Waals surface area contributed by atoms with Gasteiger partial charge in [-0.25, -0.2) is 0 Å². The highest BCUT2D eigenvalue weighted by Gasteiger charge is 2.08. The Morgan fingerprint density at radius 1 is 1.07 bits per heavy atom. The molecule has 0 saturated heterocycles. The molecule has 0 amide bonds. The van der Waals surface area contributed by atoms with E-state index in [0.717, 1.165) is 19.3 Å². The van der Waals surface area contributed by atoms with Crippen molar-refractivity contribution >= 4 is 0 Å². The average Bonchev–Trinajstić information content (AvgIpc) is 2.20. The molecule has 0 fully saturated rings. The summed E-state index contributed by atoms with van der Waals surface area (Å²) in [5.41, 5.74) is 0. The molecule has 0 aromatic rings. The zero-order valence-electron chi connectivity index (χ0n) is 9.32. The molecule has 0 spiro atoms. The van der Waals surface area contributed by atoms with Gasteiger partial charge in [-0.1, -0.05) is 12.2 Å². The van der Waals surface area contributed by atoms with E-state index in [-0.39, 0.29) is 6.61 Å². The molecule has 1 aliphatic rings. The van der Waals surface area contributed by atoms with Crippen molar-refractivity contribution < 1.29 is 14.6 Å². The lowest BCUT2D eigenvalue weighted by molar-refractivity contribution is -0.374. The van der Waals surface area contributed by atoms with Gasteiger partial charge in [-0.15, -0.1) is 6.61 Å². The van der Waals surface area contributed by atoms with Gasteiger partial charge in [-0.3, -0.25) is 0 Å². The number of hydrogen-bond donors (Lipinski definition) is 0. The van der Waals surface area contributed by atoms with Gasteiger partial charge in [-0.05, 0) is 32.1 Å². The number of allylic oxidation sites excluding steroid dienone is 2. The summed E-state index contributed by atoms with van der Waals surface area (Å²) in [6, 6.07) is 0. The van der Waals surface area contributed by atoms with Gasteiger partial charge in [0.25, 0.3) is 0 Å². The first-order valence-corrected chi connectivity index (χ1v) is 5.86. The molecule has 1 unspecified atom stereocenters. The lowest BCUT2D eigenvalue weighted by Crippen LogP contribution is -2.19. The Morgan fingerprint density at radius 2 is 1.93 bits per heavy atom. The molecule has 1 aliphatic carbocycles. The lowest BCUT2D eigenvalue weighted by Gasteiger charge is -2.18. The normalized spacial score (nSPS) is 24.5. The van der Waals surface area contributed by atoms with Crippen LogP contribution >= 0.6 is 0 Å². The Kier molecular flexibility index (Phi) is 7.52. The van der Waals surface area contributed by atoms with Crippen LogP contribution in [0.25, 0.3) is 0 Å². The number of hydrogen-bond acceptors (Lipinski definition) is 3. The summed E-state index contributed by atoms with van der Waals surface area (Å²) in [7, 11) is 0. The summed E-state index contributed by atoms with van der Waals surface area (Å²) in [5.74, 6) is 0. The molecule has 0 aliphatic heterocycles. The Morgan fingerprint density at radius 3 is 2.80 bits per heavy atom. The molecule has 0 N–H and O–H groups in total. The first-order chi connectivity index (χ1) is 7.43. The minimum atomic E-state index is -0.159. The van der Waals surface area contributed by atoms with E-state index >= 15 is 0 Å². The predicted molar refractivity (Wildman–Crippen MR) is 57.7 cm³/mol. The molecule has 0 radical (unpaired) electrons. The standard InChI is InChI=1S/C12H21O3/c13-8-9-14-10-11-15-12-6-4-2-1-3-5-7-12/h1-2,12H,3-11H2/q-1/b2-1-. The fourth-order valence-corrected chi connectivity index (χ4v) is 1.73. The van der Waals surface area contributed by atoms with E-state index in [9.17, 15) is 5.11 Å². The highest BCUT2D eigenvalue weighted by molar-refractivity contribution is 4.85. The molecule has 3 nitrogen and oxygen atoms in total. The molecule has 0 bridgehead atoms. The van der Waals surface area contributed by atoms with Crippen LogP contribution in [0.4, 0.5) is 0 Å². The molecule has 0 aromatic heterocycles. The van der Waals surface area contributed by atoms with E-state index in [1.807, 2.05) is 0 Å². The molecule has 3 heteroatoms. The van der Waals surface area contributed by atoms with E-state index in [1.165, 1.54) is 12.8 Å². The SMILES string of the molecule is [O-]CCOCCOC1CC/C=C\CCC1. The van der Waals surface area contributed by atoms with Crippen LogP contribution in [0.1, 0.15) is 32.1 Å². The van der Waals surface area contributed by atoms with Crippen LogP contribution in [0.2, 0.25) is 0 Å². The van der Waals surface area contributed by atoms with Crippen LogP contribution in [0.3, 0.4) is 0 Å². The van der Waals surface area contributed by atoms with E-state index in [4.69, 9.17) is 9.47 Å². The Balaban J connectivity index is 2.01. The van der Waals surface area contributed by atoms with E-state index < -0.39 is 0 Å². The maximum atomic E-state index is 10.1. The van der Waals surface area contributed by atoms with E-state index in [2.05, 4.69) is 12.2 Å². The zero-order valence-corrected chi connectivity index (χ0v) is 9.32. The average molecular weight is 213 g/mol. The third kappa shape index (κ3) is 6.66.